The minimum absolute atomic E-state index is 0.205. The van der Waals surface area contributed by atoms with Crippen molar-refractivity contribution < 1.29 is 0 Å². The number of benzene rings is 1. The second-order valence-corrected chi connectivity index (χ2v) is 7.49. The maximum absolute atomic E-state index is 6.48. The van der Waals surface area contributed by atoms with Crippen LogP contribution in [0.15, 0.2) is 18.2 Å². The maximum Gasteiger partial charge on any atom is 0.0471 e. The van der Waals surface area contributed by atoms with Gasteiger partial charge in [0.2, 0.25) is 0 Å². The highest BCUT2D eigenvalue weighted by Gasteiger charge is 2.31. The molecule has 0 spiro atoms. The van der Waals surface area contributed by atoms with E-state index in [1.807, 2.05) is 0 Å². The third-order valence-corrected chi connectivity index (χ3v) is 5.23. The van der Waals surface area contributed by atoms with E-state index in [0.29, 0.717) is 0 Å². The number of halogens is 1. The number of nitrogens with one attached hydrogen (secondary N) is 1. The van der Waals surface area contributed by atoms with Crippen LogP contribution in [0.1, 0.15) is 32.3 Å². The molecule has 1 aromatic rings. The minimum Gasteiger partial charge on any atom is -0.368 e. The summed E-state index contributed by atoms with van der Waals surface area (Å²) in [4.78, 5) is 4.88. The lowest BCUT2D eigenvalue weighted by atomic mass is 9.99. The molecule has 2 fully saturated rings. The SMILES string of the molecule is CN1CCN(c2ccc(CNC3CC3)c(Cl)c2)CC1(C)C. The number of likely N-dealkylation sites (N-methyl/N-ethyl adjacent to an activating group) is 1. The van der Waals surface area contributed by atoms with E-state index >= 15 is 0 Å². The molecule has 1 aliphatic heterocycles. The molecule has 1 heterocycles. The Morgan fingerprint density at radius 3 is 2.67 bits per heavy atom. The van der Waals surface area contributed by atoms with E-state index < -0.39 is 0 Å². The van der Waals surface area contributed by atoms with Crippen LogP contribution in [0.4, 0.5) is 5.69 Å². The molecule has 3 nitrogen and oxygen atoms in total. The van der Waals surface area contributed by atoms with Crippen molar-refractivity contribution in [1.82, 2.24) is 10.2 Å². The fraction of sp³-hybridized carbons (Fsp3) is 0.647. The van der Waals surface area contributed by atoms with Crippen LogP contribution in [0, 0.1) is 0 Å². The fourth-order valence-corrected chi connectivity index (χ4v) is 3.12. The highest BCUT2D eigenvalue weighted by atomic mass is 35.5. The summed E-state index contributed by atoms with van der Waals surface area (Å²) >= 11 is 6.48. The lowest BCUT2D eigenvalue weighted by molar-refractivity contribution is 0.139. The molecule has 0 radical (unpaired) electrons. The molecular weight excluding hydrogens is 282 g/mol. The van der Waals surface area contributed by atoms with Gasteiger partial charge in [-0.25, -0.2) is 0 Å². The molecule has 0 atom stereocenters. The predicted molar refractivity (Wildman–Crippen MR) is 90.2 cm³/mol. The smallest absolute Gasteiger partial charge is 0.0471 e. The Balaban J connectivity index is 1.69. The van der Waals surface area contributed by atoms with Crippen LogP contribution in [0.2, 0.25) is 5.02 Å². The normalized spacial score (nSPS) is 22.6. The third kappa shape index (κ3) is 3.53. The Labute approximate surface area is 133 Å². The summed E-state index contributed by atoms with van der Waals surface area (Å²) in [5.74, 6) is 0. The first-order valence-electron chi connectivity index (χ1n) is 7.94. The van der Waals surface area contributed by atoms with Crippen molar-refractivity contribution in [3.8, 4) is 0 Å². The number of rotatable bonds is 4. The second kappa shape index (κ2) is 5.79. The number of anilines is 1. The molecular formula is C17H26ClN3. The van der Waals surface area contributed by atoms with Crippen molar-refractivity contribution in [2.45, 2.75) is 44.8 Å². The van der Waals surface area contributed by atoms with Crippen LogP contribution in [0.3, 0.4) is 0 Å². The molecule has 1 aromatic carbocycles. The molecule has 0 bridgehead atoms. The summed E-state index contributed by atoms with van der Waals surface area (Å²) in [6, 6.07) is 7.25. The Bertz CT molecular complexity index is 511. The molecule has 0 unspecified atom stereocenters. The van der Waals surface area contributed by atoms with Crippen LogP contribution < -0.4 is 10.2 Å². The van der Waals surface area contributed by atoms with Gasteiger partial charge in [-0.2, -0.15) is 0 Å². The summed E-state index contributed by atoms with van der Waals surface area (Å²) in [5.41, 5.74) is 2.66. The molecule has 3 rings (SSSR count). The van der Waals surface area contributed by atoms with Crippen molar-refractivity contribution in [1.29, 1.82) is 0 Å². The van der Waals surface area contributed by atoms with Gasteiger partial charge >= 0.3 is 0 Å². The van der Waals surface area contributed by atoms with E-state index in [0.717, 1.165) is 37.2 Å². The van der Waals surface area contributed by atoms with Crippen LogP contribution >= 0.6 is 11.6 Å². The molecule has 116 valence electrons. The average molecular weight is 308 g/mol. The molecule has 1 saturated carbocycles. The minimum atomic E-state index is 0.205. The van der Waals surface area contributed by atoms with Gasteiger partial charge in [-0.05, 0) is 51.4 Å². The van der Waals surface area contributed by atoms with E-state index in [1.165, 1.54) is 24.1 Å². The summed E-state index contributed by atoms with van der Waals surface area (Å²) in [6.45, 7) is 8.69. The van der Waals surface area contributed by atoms with Gasteiger partial charge in [0.25, 0.3) is 0 Å². The first-order valence-corrected chi connectivity index (χ1v) is 8.31. The van der Waals surface area contributed by atoms with Gasteiger partial charge in [0.15, 0.2) is 0 Å². The molecule has 0 amide bonds. The zero-order chi connectivity index (χ0) is 15.0. The van der Waals surface area contributed by atoms with Gasteiger partial charge < -0.3 is 10.2 Å². The van der Waals surface area contributed by atoms with E-state index in [1.54, 1.807) is 0 Å². The van der Waals surface area contributed by atoms with Crippen LogP contribution in [0.5, 0.6) is 0 Å². The van der Waals surface area contributed by atoms with Gasteiger partial charge in [0.1, 0.15) is 0 Å². The fourth-order valence-electron chi connectivity index (χ4n) is 2.88. The van der Waals surface area contributed by atoms with Gasteiger partial charge in [-0.1, -0.05) is 17.7 Å². The Hall–Kier alpha value is -0.770. The molecule has 1 aliphatic carbocycles. The van der Waals surface area contributed by atoms with E-state index in [2.05, 4.69) is 54.2 Å². The Morgan fingerprint density at radius 1 is 1.29 bits per heavy atom. The van der Waals surface area contributed by atoms with Crippen molar-refractivity contribution in [3.63, 3.8) is 0 Å². The standard InChI is InChI=1S/C17H26ClN3/c1-17(2)12-21(9-8-20(17)3)15-7-4-13(16(18)10-15)11-19-14-5-6-14/h4,7,10,14,19H,5-6,8-9,11-12H2,1-3H3. The van der Waals surface area contributed by atoms with Gasteiger partial charge in [0.05, 0.1) is 0 Å². The zero-order valence-electron chi connectivity index (χ0n) is 13.3. The lowest BCUT2D eigenvalue weighted by Crippen LogP contribution is -2.57. The van der Waals surface area contributed by atoms with Gasteiger partial charge in [-0.15, -0.1) is 0 Å². The molecule has 1 saturated heterocycles. The monoisotopic (exact) mass is 307 g/mol. The predicted octanol–water partition coefficient (Wildman–Crippen LogP) is 3.12. The molecule has 0 aromatic heterocycles. The highest BCUT2D eigenvalue weighted by Crippen LogP contribution is 2.29. The molecule has 21 heavy (non-hydrogen) atoms. The van der Waals surface area contributed by atoms with Gasteiger partial charge in [-0.3, -0.25) is 4.90 Å². The van der Waals surface area contributed by atoms with Crippen molar-refractivity contribution in [2.24, 2.45) is 0 Å². The van der Waals surface area contributed by atoms with E-state index in [-0.39, 0.29) is 5.54 Å². The first kappa shape index (κ1) is 15.1. The first-order chi connectivity index (χ1) is 9.95. The van der Waals surface area contributed by atoms with Crippen molar-refractivity contribution in [3.05, 3.63) is 28.8 Å². The van der Waals surface area contributed by atoms with Crippen molar-refractivity contribution >= 4 is 17.3 Å². The van der Waals surface area contributed by atoms with Crippen LogP contribution in [-0.2, 0) is 6.54 Å². The van der Waals surface area contributed by atoms with Crippen molar-refractivity contribution in [2.75, 3.05) is 31.6 Å². The Morgan fingerprint density at radius 2 is 2.05 bits per heavy atom. The topological polar surface area (TPSA) is 18.5 Å². The van der Waals surface area contributed by atoms with Gasteiger partial charge in [0, 0.05) is 48.5 Å². The number of nitrogens with zero attached hydrogens (tertiary/aromatic N) is 2. The van der Waals surface area contributed by atoms with E-state index in [4.69, 9.17) is 11.6 Å². The van der Waals surface area contributed by atoms with Crippen LogP contribution in [-0.4, -0.2) is 43.2 Å². The second-order valence-electron chi connectivity index (χ2n) is 7.09. The quantitative estimate of drug-likeness (QED) is 0.922. The van der Waals surface area contributed by atoms with Crippen LogP contribution in [0.25, 0.3) is 0 Å². The molecule has 2 aliphatic rings. The number of hydrogen-bond donors (Lipinski definition) is 1. The maximum atomic E-state index is 6.48. The lowest BCUT2D eigenvalue weighted by Gasteiger charge is -2.46. The zero-order valence-corrected chi connectivity index (χ0v) is 14.1. The summed E-state index contributed by atoms with van der Waals surface area (Å²) in [7, 11) is 2.21. The number of hydrogen-bond acceptors (Lipinski definition) is 3. The summed E-state index contributed by atoms with van der Waals surface area (Å²) in [5, 5.41) is 4.41. The summed E-state index contributed by atoms with van der Waals surface area (Å²) in [6.07, 6.45) is 2.62. The molecule has 4 heteroatoms. The summed E-state index contributed by atoms with van der Waals surface area (Å²) < 4.78 is 0. The third-order valence-electron chi connectivity index (χ3n) is 4.88. The number of piperazine rings is 1. The Kier molecular flexibility index (Phi) is 4.17. The molecule has 1 N–H and O–H groups in total. The largest absolute Gasteiger partial charge is 0.368 e. The highest BCUT2D eigenvalue weighted by molar-refractivity contribution is 6.31. The average Bonchev–Trinajstić information content (AvgIpc) is 3.24. The van der Waals surface area contributed by atoms with E-state index in [9.17, 15) is 0 Å².